The number of halogens is 1. The van der Waals surface area contributed by atoms with Crippen LogP contribution < -0.4 is 10.2 Å². The predicted octanol–water partition coefficient (Wildman–Crippen LogP) is 3.22. The first-order valence-corrected chi connectivity index (χ1v) is 10.4. The number of anilines is 2. The van der Waals surface area contributed by atoms with Gasteiger partial charge in [-0.15, -0.1) is 0 Å². The van der Waals surface area contributed by atoms with Gasteiger partial charge in [0, 0.05) is 37.1 Å². The smallest absolute Gasteiger partial charge is 0.288 e. The Balaban J connectivity index is 1.73. The zero-order chi connectivity index (χ0) is 19.6. The number of nitro groups is 1. The molecule has 0 aliphatic carbocycles. The Morgan fingerprint density at radius 1 is 1.19 bits per heavy atom. The quantitative estimate of drug-likeness (QED) is 0.619. The molecule has 0 spiro atoms. The summed E-state index contributed by atoms with van der Waals surface area (Å²) < 4.78 is 37.6. The van der Waals surface area contributed by atoms with Crippen molar-refractivity contribution in [1.82, 2.24) is 0 Å². The maximum Gasteiger partial charge on any atom is 0.288 e. The Morgan fingerprint density at radius 3 is 2.44 bits per heavy atom. The van der Waals surface area contributed by atoms with Crippen LogP contribution in [0.25, 0.3) is 0 Å². The highest BCUT2D eigenvalue weighted by molar-refractivity contribution is 7.90. The maximum atomic E-state index is 13.8. The molecule has 0 unspecified atom stereocenters. The van der Waals surface area contributed by atoms with Crippen molar-refractivity contribution in [1.29, 1.82) is 0 Å². The highest BCUT2D eigenvalue weighted by Crippen LogP contribution is 2.30. The van der Waals surface area contributed by atoms with Crippen LogP contribution in [-0.2, 0) is 9.84 Å². The largest absolute Gasteiger partial charge is 0.380 e. The first kappa shape index (κ1) is 19.1. The van der Waals surface area contributed by atoms with Gasteiger partial charge in [0.1, 0.15) is 10.7 Å². The SMILES string of the molecule is CS(=O)(=O)c1cc(N2CCC(Nc3ccccc3F)CC2)ccc1[N+](=O)[O-]. The number of nitro benzene ring substituents is 1. The molecule has 0 aromatic heterocycles. The minimum absolute atomic E-state index is 0.102. The van der Waals surface area contributed by atoms with Crippen LogP contribution in [0.15, 0.2) is 47.4 Å². The molecule has 0 atom stereocenters. The van der Waals surface area contributed by atoms with Crippen molar-refractivity contribution in [3.63, 3.8) is 0 Å². The van der Waals surface area contributed by atoms with Gasteiger partial charge in [-0.2, -0.15) is 0 Å². The molecule has 0 amide bonds. The molecule has 1 heterocycles. The van der Waals surface area contributed by atoms with Gasteiger partial charge in [-0.25, -0.2) is 12.8 Å². The van der Waals surface area contributed by atoms with E-state index in [-0.39, 0.29) is 16.8 Å². The number of nitrogens with zero attached hydrogens (tertiary/aromatic N) is 2. The number of hydrogen-bond acceptors (Lipinski definition) is 6. The molecule has 0 bridgehead atoms. The van der Waals surface area contributed by atoms with Gasteiger partial charge in [-0.1, -0.05) is 12.1 Å². The van der Waals surface area contributed by atoms with Crippen molar-refractivity contribution in [2.75, 3.05) is 29.6 Å². The van der Waals surface area contributed by atoms with Crippen molar-refractivity contribution < 1.29 is 17.7 Å². The molecular weight excluding hydrogens is 373 g/mol. The Labute approximate surface area is 156 Å². The number of sulfone groups is 1. The predicted molar refractivity (Wildman–Crippen MR) is 101 cm³/mol. The summed E-state index contributed by atoms with van der Waals surface area (Å²) in [5, 5.41) is 14.3. The molecule has 1 aliphatic heterocycles. The third kappa shape index (κ3) is 4.36. The fourth-order valence-electron chi connectivity index (χ4n) is 3.23. The molecule has 1 aliphatic rings. The molecule has 7 nitrogen and oxygen atoms in total. The van der Waals surface area contributed by atoms with Gasteiger partial charge in [0.25, 0.3) is 5.69 Å². The first-order valence-electron chi connectivity index (χ1n) is 8.50. The van der Waals surface area contributed by atoms with Gasteiger partial charge in [-0.3, -0.25) is 10.1 Å². The van der Waals surface area contributed by atoms with Gasteiger partial charge < -0.3 is 10.2 Å². The van der Waals surface area contributed by atoms with Crippen LogP contribution in [0.3, 0.4) is 0 Å². The van der Waals surface area contributed by atoms with Crippen molar-refractivity contribution in [3.05, 3.63) is 58.4 Å². The number of nitrogens with one attached hydrogen (secondary N) is 1. The average molecular weight is 393 g/mol. The van der Waals surface area contributed by atoms with Crippen LogP contribution >= 0.6 is 0 Å². The lowest BCUT2D eigenvalue weighted by Crippen LogP contribution is -2.39. The van der Waals surface area contributed by atoms with E-state index in [0.29, 0.717) is 24.5 Å². The molecule has 144 valence electrons. The minimum Gasteiger partial charge on any atom is -0.380 e. The van der Waals surface area contributed by atoms with Gasteiger partial charge >= 0.3 is 0 Å². The molecule has 3 rings (SSSR count). The van der Waals surface area contributed by atoms with Crippen LogP contribution in [-0.4, -0.2) is 38.7 Å². The minimum atomic E-state index is -3.72. The van der Waals surface area contributed by atoms with Crippen LogP contribution in [0.2, 0.25) is 0 Å². The van der Waals surface area contributed by atoms with Gasteiger partial charge in [0.15, 0.2) is 9.84 Å². The summed E-state index contributed by atoms with van der Waals surface area (Å²) in [5.41, 5.74) is 0.674. The summed E-state index contributed by atoms with van der Waals surface area (Å²) in [6, 6.07) is 10.8. The lowest BCUT2D eigenvalue weighted by Gasteiger charge is -2.34. The van der Waals surface area contributed by atoms with Crippen LogP contribution in [0.4, 0.5) is 21.5 Å². The molecule has 2 aromatic rings. The number of para-hydroxylation sites is 1. The molecule has 2 aromatic carbocycles. The summed E-state index contributed by atoms with van der Waals surface area (Å²) in [5.74, 6) is -0.298. The topological polar surface area (TPSA) is 92.6 Å². The van der Waals surface area contributed by atoms with E-state index in [1.54, 1.807) is 24.3 Å². The normalized spacial score (nSPS) is 15.6. The van der Waals surface area contributed by atoms with E-state index in [9.17, 15) is 22.9 Å². The zero-order valence-corrected chi connectivity index (χ0v) is 15.6. The van der Waals surface area contributed by atoms with E-state index in [1.165, 1.54) is 18.2 Å². The lowest BCUT2D eigenvalue weighted by molar-refractivity contribution is -0.387. The summed E-state index contributed by atoms with van der Waals surface area (Å²) >= 11 is 0. The second-order valence-electron chi connectivity index (χ2n) is 6.57. The van der Waals surface area contributed by atoms with Gasteiger partial charge in [0.05, 0.1) is 10.6 Å². The van der Waals surface area contributed by atoms with E-state index in [1.807, 2.05) is 4.90 Å². The second kappa shape index (κ2) is 7.51. The molecule has 1 N–H and O–H groups in total. The summed E-state index contributed by atoms with van der Waals surface area (Å²) in [4.78, 5) is 12.1. The van der Waals surface area contributed by atoms with Crippen molar-refractivity contribution >= 4 is 26.9 Å². The number of hydrogen-bond donors (Lipinski definition) is 1. The second-order valence-corrected chi connectivity index (χ2v) is 8.55. The Kier molecular flexibility index (Phi) is 5.31. The standard InChI is InChI=1S/C18H20FN3O4S/c1-27(25,26)18-12-14(6-7-17(18)22(23)24)21-10-8-13(9-11-21)20-16-5-3-2-4-15(16)19/h2-7,12-13,20H,8-11H2,1H3. The Bertz CT molecular complexity index is 957. The Hall–Kier alpha value is -2.68. The highest BCUT2D eigenvalue weighted by Gasteiger charge is 2.26. The number of benzene rings is 2. The Morgan fingerprint density at radius 2 is 1.85 bits per heavy atom. The van der Waals surface area contributed by atoms with E-state index in [2.05, 4.69) is 5.32 Å². The zero-order valence-electron chi connectivity index (χ0n) is 14.8. The fraction of sp³-hybridized carbons (Fsp3) is 0.333. The lowest BCUT2D eigenvalue weighted by atomic mass is 10.0. The van der Waals surface area contributed by atoms with Crippen molar-refractivity contribution in [3.8, 4) is 0 Å². The van der Waals surface area contributed by atoms with Crippen molar-refractivity contribution in [2.45, 2.75) is 23.8 Å². The average Bonchev–Trinajstić information content (AvgIpc) is 2.63. The summed E-state index contributed by atoms with van der Waals surface area (Å²) in [6.45, 7) is 1.26. The first-order chi connectivity index (χ1) is 12.8. The molecule has 27 heavy (non-hydrogen) atoms. The molecular formula is C18H20FN3O4S. The van der Waals surface area contributed by atoms with E-state index in [4.69, 9.17) is 0 Å². The van der Waals surface area contributed by atoms with Crippen molar-refractivity contribution in [2.24, 2.45) is 0 Å². The fourth-order valence-corrected chi connectivity index (χ4v) is 4.08. The highest BCUT2D eigenvalue weighted by atomic mass is 32.2. The van der Waals surface area contributed by atoms with Crippen LogP contribution in [0.5, 0.6) is 0 Å². The third-order valence-corrected chi connectivity index (χ3v) is 5.76. The number of piperidine rings is 1. The van der Waals surface area contributed by atoms with Crippen LogP contribution in [0.1, 0.15) is 12.8 Å². The van der Waals surface area contributed by atoms with Crippen LogP contribution in [0, 0.1) is 15.9 Å². The van der Waals surface area contributed by atoms with Gasteiger partial charge in [-0.05, 0) is 37.1 Å². The summed E-state index contributed by atoms with van der Waals surface area (Å²) in [7, 11) is -3.72. The molecule has 9 heteroatoms. The molecule has 0 radical (unpaired) electrons. The maximum absolute atomic E-state index is 13.8. The monoisotopic (exact) mass is 393 g/mol. The molecule has 1 saturated heterocycles. The number of rotatable bonds is 5. The third-order valence-electron chi connectivity index (χ3n) is 4.63. The van der Waals surface area contributed by atoms with E-state index < -0.39 is 20.4 Å². The van der Waals surface area contributed by atoms with E-state index >= 15 is 0 Å². The van der Waals surface area contributed by atoms with E-state index in [0.717, 1.165) is 19.1 Å². The summed E-state index contributed by atoms with van der Waals surface area (Å²) in [6.07, 6.45) is 2.43. The molecule has 1 fully saturated rings. The molecule has 0 saturated carbocycles. The van der Waals surface area contributed by atoms with Gasteiger partial charge in [0.2, 0.25) is 0 Å².